The Morgan fingerprint density at radius 3 is 2.62 bits per heavy atom. The molecule has 1 aromatic heterocycles. The molecule has 0 spiro atoms. The van der Waals surface area contributed by atoms with Gasteiger partial charge in [-0.05, 0) is 61.6 Å². The molecule has 1 aliphatic rings. The number of nitrogens with one attached hydrogen (secondary N) is 2. The van der Waals surface area contributed by atoms with Crippen LogP contribution in [0.3, 0.4) is 0 Å². The molecular formula is C22H28ClN5O. The summed E-state index contributed by atoms with van der Waals surface area (Å²) in [6.07, 6.45) is 4.05. The summed E-state index contributed by atoms with van der Waals surface area (Å²) < 4.78 is 5.46. The van der Waals surface area contributed by atoms with E-state index in [4.69, 9.17) is 9.72 Å². The normalized spacial score (nSPS) is 14.3. The van der Waals surface area contributed by atoms with E-state index in [0.717, 1.165) is 48.6 Å². The molecule has 4 rings (SSSR count). The molecule has 0 radical (unpaired) electrons. The second-order valence-corrected chi connectivity index (χ2v) is 7.42. The quantitative estimate of drug-likeness (QED) is 0.660. The number of nitrogens with zero attached hydrogens (tertiary/aromatic N) is 3. The van der Waals surface area contributed by atoms with Gasteiger partial charge in [-0.25, -0.2) is 9.97 Å². The number of fused-ring (bicyclic) bond motifs is 1. The number of ether oxygens (including phenoxy) is 1. The Balaban J connectivity index is 0.00000240. The van der Waals surface area contributed by atoms with E-state index in [9.17, 15) is 0 Å². The van der Waals surface area contributed by atoms with Gasteiger partial charge < -0.3 is 20.3 Å². The highest BCUT2D eigenvalue weighted by molar-refractivity contribution is 5.98. The Hall–Kier alpha value is -2.57. The summed E-state index contributed by atoms with van der Waals surface area (Å²) in [7, 11) is 5.62. The highest BCUT2D eigenvalue weighted by Gasteiger charge is 2.16. The van der Waals surface area contributed by atoms with Crippen LogP contribution >= 0.6 is 12.4 Å². The zero-order chi connectivity index (χ0) is 19.5. The van der Waals surface area contributed by atoms with E-state index in [0.29, 0.717) is 12.0 Å². The molecule has 2 N–H and O–H groups in total. The van der Waals surface area contributed by atoms with Gasteiger partial charge in [-0.15, -0.1) is 12.4 Å². The largest absolute Gasteiger partial charge is 0.497 e. The van der Waals surface area contributed by atoms with Gasteiger partial charge in [0, 0.05) is 43.0 Å². The van der Waals surface area contributed by atoms with Gasteiger partial charge in [0.2, 0.25) is 5.95 Å². The summed E-state index contributed by atoms with van der Waals surface area (Å²) in [6, 6.07) is 13.0. The predicted molar refractivity (Wildman–Crippen MR) is 123 cm³/mol. The third-order valence-electron chi connectivity index (χ3n) is 5.20. The summed E-state index contributed by atoms with van der Waals surface area (Å²) in [5.74, 6) is 1.57. The van der Waals surface area contributed by atoms with Crippen LogP contribution in [0.5, 0.6) is 5.75 Å². The van der Waals surface area contributed by atoms with Crippen LogP contribution in [0.25, 0.3) is 22.0 Å². The van der Waals surface area contributed by atoms with Crippen LogP contribution in [0.15, 0.2) is 42.6 Å². The number of piperidine rings is 1. The van der Waals surface area contributed by atoms with Crippen LogP contribution < -0.4 is 20.3 Å². The van der Waals surface area contributed by atoms with E-state index < -0.39 is 0 Å². The van der Waals surface area contributed by atoms with Crippen molar-refractivity contribution in [2.24, 2.45) is 0 Å². The first kappa shape index (κ1) is 21.1. The molecule has 1 aliphatic heterocycles. The zero-order valence-electron chi connectivity index (χ0n) is 17.1. The van der Waals surface area contributed by atoms with E-state index in [1.165, 1.54) is 10.8 Å². The number of hydrogen-bond acceptors (Lipinski definition) is 6. The molecule has 3 aromatic rings. The van der Waals surface area contributed by atoms with Crippen LogP contribution in [0.1, 0.15) is 12.8 Å². The Morgan fingerprint density at radius 1 is 1.10 bits per heavy atom. The first-order chi connectivity index (χ1) is 13.6. The van der Waals surface area contributed by atoms with Gasteiger partial charge in [0.25, 0.3) is 0 Å². The molecule has 0 unspecified atom stereocenters. The Bertz CT molecular complexity index is 973. The van der Waals surface area contributed by atoms with Crippen molar-refractivity contribution in [3.8, 4) is 17.0 Å². The van der Waals surface area contributed by atoms with Gasteiger partial charge in [0.15, 0.2) is 0 Å². The lowest BCUT2D eigenvalue weighted by Crippen LogP contribution is -2.35. The number of hydrogen-bond donors (Lipinski definition) is 2. The number of rotatable bonds is 5. The van der Waals surface area contributed by atoms with Crippen LogP contribution in [0.2, 0.25) is 0 Å². The molecule has 29 heavy (non-hydrogen) atoms. The van der Waals surface area contributed by atoms with Gasteiger partial charge >= 0.3 is 0 Å². The number of anilines is 2. The van der Waals surface area contributed by atoms with E-state index >= 15 is 0 Å². The zero-order valence-corrected chi connectivity index (χ0v) is 17.9. The maximum atomic E-state index is 5.46. The highest BCUT2D eigenvalue weighted by atomic mass is 35.5. The second kappa shape index (κ2) is 9.29. The predicted octanol–water partition coefficient (Wildman–Crippen LogP) is 3.96. The van der Waals surface area contributed by atoms with Gasteiger partial charge in [-0.2, -0.15) is 0 Å². The summed E-state index contributed by atoms with van der Waals surface area (Å²) in [5.41, 5.74) is 3.13. The number of aromatic nitrogens is 2. The Kier molecular flexibility index (Phi) is 6.77. The molecule has 0 atom stereocenters. The van der Waals surface area contributed by atoms with Crippen molar-refractivity contribution in [2.75, 3.05) is 44.5 Å². The third kappa shape index (κ3) is 4.71. The summed E-state index contributed by atoms with van der Waals surface area (Å²) >= 11 is 0. The summed E-state index contributed by atoms with van der Waals surface area (Å²) in [5, 5.41) is 9.54. The van der Waals surface area contributed by atoms with Crippen molar-refractivity contribution in [1.29, 1.82) is 0 Å². The molecular weight excluding hydrogens is 386 g/mol. The molecule has 0 saturated carbocycles. The van der Waals surface area contributed by atoms with E-state index in [1.807, 2.05) is 37.3 Å². The third-order valence-corrected chi connectivity index (χ3v) is 5.20. The summed E-state index contributed by atoms with van der Waals surface area (Å²) in [4.78, 5) is 11.0. The fourth-order valence-corrected chi connectivity index (χ4v) is 3.64. The summed E-state index contributed by atoms with van der Waals surface area (Å²) in [6.45, 7) is 2.10. The average Bonchev–Trinajstić information content (AvgIpc) is 2.74. The maximum absolute atomic E-state index is 5.46. The molecule has 7 heteroatoms. The molecule has 154 valence electrons. The fraction of sp³-hybridized carbons (Fsp3) is 0.364. The van der Waals surface area contributed by atoms with E-state index in [2.05, 4.69) is 39.9 Å². The first-order valence-electron chi connectivity index (χ1n) is 9.74. The maximum Gasteiger partial charge on any atom is 0.225 e. The van der Waals surface area contributed by atoms with Crippen molar-refractivity contribution in [3.05, 3.63) is 42.6 Å². The van der Waals surface area contributed by atoms with Crippen molar-refractivity contribution in [2.45, 2.75) is 18.9 Å². The van der Waals surface area contributed by atoms with Crippen LogP contribution in [0, 0.1) is 0 Å². The van der Waals surface area contributed by atoms with E-state index in [1.54, 1.807) is 7.11 Å². The van der Waals surface area contributed by atoms with Crippen LogP contribution in [-0.2, 0) is 0 Å². The van der Waals surface area contributed by atoms with Crippen molar-refractivity contribution in [1.82, 2.24) is 15.3 Å². The van der Waals surface area contributed by atoms with Crippen LogP contribution in [0.4, 0.5) is 11.6 Å². The van der Waals surface area contributed by atoms with Gasteiger partial charge in [0.1, 0.15) is 5.75 Å². The van der Waals surface area contributed by atoms with Gasteiger partial charge in [0.05, 0.1) is 12.8 Å². The Morgan fingerprint density at radius 2 is 1.90 bits per heavy atom. The molecule has 1 saturated heterocycles. The number of halogens is 1. The molecule has 0 amide bonds. The molecule has 0 bridgehead atoms. The average molecular weight is 414 g/mol. The number of methoxy groups -OCH3 is 1. The second-order valence-electron chi connectivity index (χ2n) is 7.42. The Labute approximate surface area is 178 Å². The fourth-order valence-electron chi connectivity index (χ4n) is 3.64. The first-order valence-corrected chi connectivity index (χ1v) is 9.74. The minimum Gasteiger partial charge on any atom is -0.497 e. The lowest BCUT2D eigenvalue weighted by molar-refractivity contribution is 0.415. The van der Waals surface area contributed by atoms with Crippen molar-refractivity contribution in [3.63, 3.8) is 0 Å². The van der Waals surface area contributed by atoms with Gasteiger partial charge in [-0.1, -0.05) is 6.07 Å². The molecule has 0 aliphatic carbocycles. The lowest BCUT2D eigenvalue weighted by atomic mass is 10.0. The minimum atomic E-state index is 0. The standard InChI is InChI=1S/C22H27N5O.ClH/c1-27(2)22-24-11-8-20(26-22)16-12-15-4-5-18(28-3)14-19(15)21(13-16)25-17-6-9-23-10-7-17;/h4-5,8,11-14,17,23,25H,6-7,9-10H2,1-3H3;1H. The topological polar surface area (TPSA) is 62.3 Å². The van der Waals surface area contributed by atoms with E-state index in [-0.39, 0.29) is 12.4 Å². The smallest absolute Gasteiger partial charge is 0.225 e. The monoisotopic (exact) mass is 413 g/mol. The minimum absolute atomic E-state index is 0. The molecule has 6 nitrogen and oxygen atoms in total. The van der Waals surface area contributed by atoms with Crippen LogP contribution in [-0.4, -0.2) is 50.3 Å². The molecule has 1 fully saturated rings. The molecule has 2 aromatic carbocycles. The SMILES string of the molecule is COc1ccc2cc(-c3ccnc(N(C)C)n3)cc(NC3CCNCC3)c2c1.Cl. The van der Waals surface area contributed by atoms with Crippen molar-refractivity contribution >= 4 is 34.8 Å². The van der Waals surface area contributed by atoms with Gasteiger partial charge in [-0.3, -0.25) is 0 Å². The molecule has 2 heterocycles. The highest BCUT2D eigenvalue weighted by Crippen LogP contribution is 2.34. The van der Waals surface area contributed by atoms with Crippen molar-refractivity contribution < 1.29 is 4.74 Å². The number of benzene rings is 2. The lowest BCUT2D eigenvalue weighted by Gasteiger charge is -2.26.